The van der Waals surface area contributed by atoms with Gasteiger partial charge in [-0.1, -0.05) is 24.3 Å². The normalized spacial score (nSPS) is 20.0. The summed E-state index contributed by atoms with van der Waals surface area (Å²) in [6.07, 6.45) is 5.84. The van der Waals surface area contributed by atoms with E-state index in [-0.39, 0.29) is 18.0 Å². The van der Waals surface area contributed by atoms with Crippen molar-refractivity contribution < 1.29 is 9.50 Å². The lowest BCUT2D eigenvalue weighted by molar-refractivity contribution is 0.191. The summed E-state index contributed by atoms with van der Waals surface area (Å²) >= 11 is 0. The molecule has 1 aliphatic rings. The molecule has 2 aromatic rings. The van der Waals surface area contributed by atoms with E-state index in [4.69, 9.17) is 0 Å². The van der Waals surface area contributed by atoms with Gasteiger partial charge in [0, 0.05) is 31.7 Å². The molecule has 2 heterocycles. The number of β-amino-alcohol motifs (C(OH)–C–C–N with tert-alkyl or cyclic N) is 1. The highest BCUT2D eigenvalue weighted by molar-refractivity contribution is 5.52. The summed E-state index contributed by atoms with van der Waals surface area (Å²) in [7, 11) is 4.06. The first-order valence-corrected chi connectivity index (χ1v) is 9.09. The lowest BCUT2D eigenvalue weighted by Crippen LogP contribution is -2.38. The fraction of sp³-hybridized carbons (Fsp3) is 0.400. The highest BCUT2D eigenvalue weighted by atomic mass is 19.1. The van der Waals surface area contributed by atoms with Crippen molar-refractivity contribution in [3.05, 3.63) is 54.1 Å². The summed E-state index contributed by atoms with van der Waals surface area (Å²) < 4.78 is 12.9. The molecule has 144 valence electrons. The van der Waals surface area contributed by atoms with E-state index in [2.05, 4.69) is 25.1 Å². The minimum Gasteiger partial charge on any atom is -0.391 e. The Labute approximate surface area is 159 Å². The van der Waals surface area contributed by atoms with Crippen LogP contribution in [-0.4, -0.2) is 65.8 Å². The molecular formula is C20H26FN5O. The van der Waals surface area contributed by atoms with Crippen LogP contribution >= 0.6 is 0 Å². The van der Waals surface area contributed by atoms with Crippen LogP contribution in [0.4, 0.5) is 16.0 Å². The molecule has 0 bridgehead atoms. The van der Waals surface area contributed by atoms with Crippen LogP contribution in [0.15, 0.2) is 42.7 Å². The lowest BCUT2D eigenvalue weighted by atomic mass is 10.2. The summed E-state index contributed by atoms with van der Waals surface area (Å²) in [6.45, 7) is 2.04. The van der Waals surface area contributed by atoms with Gasteiger partial charge in [-0.25, -0.2) is 14.4 Å². The van der Waals surface area contributed by atoms with Crippen molar-refractivity contribution in [3.8, 4) is 0 Å². The van der Waals surface area contributed by atoms with E-state index in [1.54, 1.807) is 18.5 Å². The van der Waals surface area contributed by atoms with E-state index >= 15 is 0 Å². The second kappa shape index (κ2) is 8.92. The Kier molecular flexibility index (Phi) is 6.36. The Balaban J connectivity index is 1.60. The maximum atomic E-state index is 12.9. The highest BCUT2D eigenvalue weighted by Crippen LogP contribution is 2.25. The van der Waals surface area contributed by atoms with Crippen LogP contribution in [0.3, 0.4) is 0 Å². The minimum absolute atomic E-state index is 0.233. The predicted octanol–water partition coefficient (Wildman–Crippen LogP) is 2.24. The summed E-state index contributed by atoms with van der Waals surface area (Å²) in [5, 5.41) is 13.3. The van der Waals surface area contributed by atoms with E-state index in [1.807, 2.05) is 32.3 Å². The zero-order chi connectivity index (χ0) is 19.2. The molecule has 27 heavy (non-hydrogen) atoms. The van der Waals surface area contributed by atoms with Gasteiger partial charge in [0.05, 0.1) is 6.10 Å². The monoisotopic (exact) mass is 371 g/mol. The van der Waals surface area contributed by atoms with Crippen molar-refractivity contribution in [1.29, 1.82) is 0 Å². The smallest absolute Gasteiger partial charge is 0.134 e. The van der Waals surface area contributed by atoms with E-state index in [9.17, 15) is 9.50 Å². The largest absolute Gasteiger partial charge is 0.391 e. The number of benzene rings is 1. The Hall–Kier alpha value is -2.51. The van der Waals surface area contributed by atoms with Gasteiger partial charge in [0.15, 0.2) is 0 Å². The number of aliphatic hydroxyl groups is 1. The van der Waals surface area contributed by atoms with Crippen LogP contribution < -0.4 is 10.2 Å². The number of halogens is 1. The number of hydrogen-bond acceptors (Lipinski definition) is 6. The van der Waals surface area contributed by atoms with E-state index in [1.165, 1.54) is 12.1 Å². The first kappa shape index (κ1) is 19.3. The summed E-state index contributed by atoms with van der Waals surface area (Å²) in [6, 6.07) is 8.50. The molecule has 2 atom stereocenters. The van der Waals surface area contributed by atoms with E-state index < -0.39 is 0 Å². The Morgan fingerprint density at radius 3 is 2.81 bits per heavy atom. The molecule has 7 heteroatoms. The minimum atomic E-state index is -0.333. The quantitative estimate of drug-likeness (QED) is 0.778. The van der Waals surface area contributed by atoms with Crippen LogP contribution in [0.1, 0.15) is 12.0 Å². The molecule has 0 unspecified atom stereocenters. The fourth-order valence-corrected chi connectivity index (χ4v) is 3.30. The molecule has 1 saturated heterocycles. The van der Waals surface area contributed by atoms with Gasteiger partial charge in [0.25, 0.3) is 0 Å². The van der Waals surface area contributed by atoms with E-state index in [0.717, 1.165) is 30.2 Å². The number of likely N-dealkylation sites (N-methyl/N-ethyl adjacent to an activating group) is 1. The Bertz CT molecular complexity index is 765. The topological polar surface area (TPSA) is 64.5 Å². The first-order chi connectivity index (χ1) is 13.0. The van der Waals surface area contributed by atoms with Crippen molar-refractivity contribution in [2.45, 2.75) is 18.6 Å². The van der Waals surface area contributed by atoms with Crippen LogP contribution in [-0.2, 0) is 0 Å². The van der Waals surface area contributed by atoms with Crippen LogP contribution in [0, 0.1) is 5.82 Å². The maximum absolute atomic E-state index is 12.9. The second-order valence-electron chi connectivity index (χ2n) is 7.05. The van der Waals surface area contributed by atoms with Gasteiger partial charge in [-0.3, -0.25) is 0 Å². The summed E-state index contributed by atoms with van der Waals surface area (Å²) in [5.41, 5.74) is 0.944. The predicted molar refractivity (Wildman–Crippen MR) is 106 cm³/mol. The van der Waals surface area contributed by atoms with Gasteiger partial charge in [-0.05, 0) is 38.2 Å². The van der Waals surface area contributed by atoms with Crippen molar-refractivity contribution in [3.63, 3.8) is 0 Å². The van der Waals surface area contributed by atoms with Crippen molar-refractivity contribution >= 4 is 17.7 Å². The van der Waals surface area contributed by atoms with Gasteiger partial charge in [-0.2, -0.15) is 0 Å². The van der Waals surface area contributed by atoms with Crippen molar-refractivity contribution in [2.75, 3.05) is 43.9 Å². The molecule has 0 radical (unpaired) electrons. The molecule has 3 rings (SSSR count). The second-order valence-corrected chi connectivity index (χ2v) is 7.05. The number of hydrogen-bond donors (Lipinski definition) is 2. The van der Waals surface area contributed by atoms with E-state index in [0.29, 0.717) is 13.1 Å². The number of nitrogens with zero attached hydrogens (tertiary/aromatic N) is 4. The van der Waals surface area contributed by atoms with Crippen LogP contribution in [0.5, 0.6) is 0 Å². The zero-order valence-electron chi connectivity index (χ0n) is 15.7. The average molecular weight is 371 g/mol. The molecule has 0 aliphatic carbocycles. The summed E-state index contributed by atoms with van der Waals surface area (Å²) in [4.78, 5) is 12.9. The lowest BCUT2D eigenvalue weighted by Gasteiger charge is -2.27. The van der Waals surface area contributed by atoms with Crippen LogP contribution in [0.25, 0.3) is 6.08 Å². The van der Waals surface area contributed by atoms with Gasteiger partial charge < -0.3 is 20.2 Å². The molecule has 1 aromatic heterocycles. The highest BCUT2D eigenvalue weighted by Gasteiger charge is 2.32. The number of aromatic nitrogens is 2. The standard InChI is InChI=1S/C20H26FN5O/c1-25(2)12-17-10-18(27)13-26(17)20-11-19(23-14-24-20)22-9-3-4-15-5-7-16(21)8-6-15/h3-8,11,14,17-18,27H,9-10,12-13H2,1-2H3,(H,22,23,24)/b4-3+/t17-,18-/m1/s1. The van der Waals surface area contributed by atoms with Gasteiger partial charge in [-0.15, -0.1) is 0 Å². The number of anilines is 2. The molecule has 1 aliphatic heterocycles. The third-order valence-corrected chi connectivity index (χ3v) is 4.50. The molecule has 6 nitrogen and oxygen atoms in total. The SMILES string of the molecule is CN(C)C[C@H]1C[C@@H](O)CN1c1cc(NC/C=C/c2ccc(F)cc2)ncn1. The third kappa shape index (κ3) is 5.48. The number of nitrogens with one attached hydrogen (secondary N) is 1. The molecule has 2 N–H and O–H groups in total. The number of rotatable bonds is 7. The van der Waals surface area contributed by atoms with Gasteiger partial charge >= 0.3 is 0 Å². The number of aliphatic hydroxyl groups excluding tert-OH is 1. The molecule has 0 amide bonds. The molecule has 0 spiro atoms. The maximum Gasteiger partial charge on any atom is 0.134 e. The molecule has 1 fully saturated rings. The summed E-state index contributed by atoms with van der Waals surface area (Å²) in [5.74, 6) is 1.31. The van der Waals surface area contributed by atoms with Gasteiger partial charge in [0.1, 0.15) is 23.8 Å². The average Bonchev–Trinajstić information content (AvgIpc) is 3.00. The third-order valence-electron chi connectivity index (χ3n) is 4.50. The molecular weight excluding hydrogens is 345 g/mol. The van der Waals surface area contributed by atoms with Crippen LogP contribution in [0.2, 0.25) is 0 Å². The fourth-order valence-electron chi connectivity index (χ4n) is 3.30. The Morgan fingerprint density at radius 2 is 2.07 bits per heavy atom. The molecule has 0 saturated carbocycles. The molecule has 1 aromatic carbocycles. The van der Waals surface area contributed by atoms with Gasteiger partial charge in [0.2, 0.25) is 0 Å². The van der Waals surface area contributed by atoms with Crippen molar-refractivity contribution in [1.82, 2.24) is 14.9 Å². The zero-order valence-corrected chi connectivity index (χ0v) is 15.7. The Morgan fingerprint density at radius 1 is 1.30 bits per heavy atom. The van der Waals surface area contributed by atoms with Crippen molar-refractivity contribution in [2.24, 2.45) is 0 Å². The first-order valence-electron chi connectivity index (χ1n) is 9.09.